The van der Waals surface area contributed by atoms with E-state index in [1.54, 1.807) is 13.2 Å². The first-order valence-electron chi connectivity index (χ1n) is 4.17. The summed E-state index contributed by atoms with van der Waals surface area (Å²) in [5.74, 6) is 1.16. The summed E-state index contributed by atoms with van der Waals surface area (Å²) < 4.78 is 15.3. The Labute approximate surface area is 81.6 Å². The van der Waals surface area contributed by atoms with Gasteiger partial charge in [0.25, 0.3) is 0 Å². The van der Waals surface area contributed by atoms with Crippen molar-refractivity contribution in [3.05, 3.63) is 23.3 Å². The number of hydrogen-bond acceptors (Lipinski definition) is 4. The number of hydrogen-bond donors (Lipinski definition) is 0. The predicted octanol–water partition coefficient (Wildman–Crippen LogP) is 1.43. The second kappa shape index (κ2) is 3.56. The number of methoxy groups -OCH3 is 1. The van der Waals surface area contributed by atoms with Crippen molar-refractivity contribution < 1.29 is 14.2 Å². The number of fused-ring (bicyclic) bond motifs is 1. The number of nitrogens with zero attached hydrogens (tertiary/aromatic N) is 1. The standard InChI is InChI=1S/C10H9NO3/c1-12-5-7-2-3-9-10(8(7)4-11)14-6-13-9/h2-3H,5-6H2,1H3. The average Bonchev–Trinajstić information content (AvgIpc) is 2.66. The highest BCUT2D eigenvalue weighted by Crippen LogP contribution is 2.37. The second-order valence-corrected chi connectivity index (χ2v) is 2.88. The highest BCUT2D eigenvalue weighted by molar-refractivity contribution is 5.57. The lowest BCUT2D eigenvalue weighted by Crippen LogP contribution is -1.95. The summed E-state index contributed by atoms with van der Waals surface area (Å²) in [6, 6.07) is 5.70. The molecule has 72 valence electrons. The normalized spacial score (nSPS) is 12.6. The van der Waals surface area contributed by atoms with E-state index in [0.717, 1.165) is 5.56 Å². The Bertz CT molecular complexity index is 395. The topological polar surface area (TPSA) is 51.5 Å². The van der Waals surface area contributed by atoms with Gasteiger partial charge in [-0.2, -0.15) is 5.26 Å². The number of benzene rings is 1. The highest BCUT2D eigenvalue weighted by atomic mass is 16.7. The van der Waals surface area contributed by atoms with Crippen molar-refractivity contribution in [2.24, 2.45) is 0 Å². The summed E-state index contributed by atoms with van der Waals surface area (Å²) in [5.41, 5.74) is 1.32. The highest BCUT2D eigenvalue weighted by Gasteiger charge is 2.20. The molecule has 0 radical (unpaired) electrons. The molecule has 0 fully saturated rings. The minimum atomic E-state index is 0.181. The maximum Gasteiger partial charge on any atom is 0.231 e. The summed E-state index contributed by atoms with van der Waals surface area (Å²) >= 11 is 0. The summed E-state index contributed by atoms with van der Waals surface area (Å²) in [6.45, 7) is 0.583. The van der Waals surface area contributed by atoms with Crippen molar-refractivity contribution in [3.63, 3.8) is 0 Å². The van der Waals surface area contributed by atoms with E-state index in [0.29, 0.717) is 23.7 Å². The van der Waals surface area contributed by atoms with Crippen molar-refractivity contribution in [2.45, 2.75) is 6.61 Å². The number of rotatable bonds is 2. The first-order valence-corrected chi connectivity index (χ1v) is 4.17. The van der Waals surface area contributed by atoms with Crippen LogP contribution in [-0.2, 0) is 11.3 Å². The van der Waals surface area contributed by atoms with Gasteiger partial charge in [-0.25, -0.2) is 0 Å². The molecule has 0 aromatic heterocycles. The molecule has 0 amide bonds. The van der Waals surface area contributed by atoms with Crippen LogP contribution in [0.15, 0.2) is 12.1 Å². The summed E-state index contributed by atoms with van der Waals surface area (Å²) in [7, 11) is 1.59. The zero-order chi connectivity index (χ0) is 9.97. The molecule has 2 rings (SSSR count). The third-order valence-corrected chi connectivity index (χ3v) is 2.04. The van der Waals surface area contributed by atoms with Gasteiger partial charge in [0.15, 0.2) is 11.5 Å². The molecule has 0 saturated heterocycles. The van der Waals surface area contributed by atoms with Crippen LogP contribution in [-0.4, -0.2) is 13.9 Å². The Balaban J connectivity index is 2.50. The second-order valence-electron chi connectivity index (χ2n) is 2.88. The van der Waals surface area contributed by atoms with E-state index >= 15 is 0 Å². The van der Waals surface area contributed by atoms with Gasteiger partial charge in [-0.1, -0.05) is 6.07 Å². The molecular formula is C10H9NO3. The molecule has 1 aliphatic heterocycles. The van der Waals surface area contributed by atoms with E-state index in [4.69, 9.17) is 19.5 Å². The van der Waals surface area contributed by atoms with E-state index in [2.05, 4.69) is 6.07 Å². The van der Waals surface area contributed by atoms with Gasteiger partial charge in [0.1, 0.15) is 11.6 Å². The van der Waals surface area contributed by atoms with Gasteiger partial charge in [0.05, 0.1) is 6.61 Å². The molecule has 1 aromatic carbocycles. The zero-order valence-corrected chi connectivity index (χ0v) is 7.74. The van der Waals surface area contributed by atoms with E-state index < -0.39 is 0 Å². The van der Waals surface area contributed by atoms with Gasteiger partial charge in [-0.05, 0) is 11.6 Å². The van der Waals surface area contributed by atoms with Crippen LogP contribution in [0.3, 0.4) is 0 Å². The minimum Gasteiger partial charge on any atom is -0.454 e. The van der Waals surface area contributed by atoms with Gasteiger partial charge in [-0.3, -0.25) is 0 Å². The SMILES string of the molecule is COCc1ccc2c(c1C#N)OCO2. The van der Waals surface area contributed by atoms with Crippen LogP contribution in [0, 0.1) is 11.3 Å². The Hall–Kier alpha value is -1.73. The summed E-state index contributed by atoms with van der Waals surface area (Å²) in [5, 5.41) is 8.97. The van der Waals surface area contributed by atoms with Crippen LogP contribution in [0.5, 0.6) is 11.5 Å². The van der Waals surface area contributed by atoms with Crippen molar-refractivity contribution >= 4 is 0 Å². The minimum absolute atomic E-state index is 0.181. The number of ether oxygens (including phenoxy) is 3. The van der Waals surface area contributed by atoms with Gasteiger partial charge in [-0.15, -0.1) is 0 Å². The lowest BCUT2D eigenvalue weighted by Gasteiger charge is -2.04. The van der Waals surface area contributed by atoms with Gasteiger partial charge in [0, 0.05) is 7.11 Å². The molecule has 1 aliphatic rings. The Kier molecular flexibility index (Phi) is 2.25. The Morgan fingerprint density at radius 1 is 1.50 bits per heavy atom. The molecule has 1 aromatic rings. The zero-order valence-electron chi connectivity index (χ0n) is 7.74. The van der Waals surface area contributed by atoms with Gasteiger partial charge >= 0.3 is 0 Å². The first kappa shape index (κ1) is 8.85. The van der Waals surface area contributed by atoms with Crippen LogP contribution in [0.4, 0.5) is 0 Å². The first-order chi connectivity index (χ1) is 6.86. The fraction of sp³-hybridized carbons (Fsp3) is 0.300. The lowest BCUT2D eigenvalue weighted by molar-refractivity contribution is 0.172. The van der Waals surface area contributed by atoms with Crippen LogP contribution in [0.25, 0.3) is 0 Å². The quantitative estimate of drug-likeness (QED) is 0.709. The fourth-order valence-corrected chi connectivity index (χ4v) is 1.41. The van der Waals surface area contributed by atoms with Crippen LogP contribution < -0.4 is 9.47 Å². The predicted molar refractivity (Wildman–Crippen MR) is 48.0 cm³/mol. The maximum absolute atomic E-state index is 8.97. The van der Waals surface area contributed by atoms with Crippen molar-refractivity contribution in [2.75, 3.05) is 13.9 Å². The molecule has 1 heterocycles. The molecule has 4 heteroatoms. The van der Waals surface area contributed by atoms with E-state index in [1.165, 1.54) is 0 Å². The van der Waals surface area contributed by atoms with Crippen molar-refractivity contribution in [1.29, 1.82) is 5.26 Å². The van der Waals surface area contributed by atoms with E-state index in [-0.39, 0.29) is 6.79 Å². The molecule has 0 atom stereocenters. The molecule has 0 bridgehead atoms. The summed E-state index contributed by atoms with van der Waals surface area (Å²) in [6.07, 6.45) is 0. The molecule has 14 heavy (non-hydrogen) atoms. The van der Waals surface area contributed by atoms with Gasteiger partial charge in [0.2, 0.25) is 6.79 Å². The van der Waals surface area contributed by atoms with Crippen LogP contribution in [0.2, 0.25) is 0 Å². The Morgan fingerprint density at radius 2 is 2.36 bits per heavy atom. The molecular weight excluding hydrogens is 182 g/mol. The monoisotopic (exact) mass is 191 g/mol. The Morgan fingerprint density at radius 3 is 3.07 bits per heavy atom. The van der Waals surface area contributed by atoms with E-state index in [1.807, 2.05) is 6.07 Å². The van der Waals surface area contributed by atoms with Crippen LogP contribution >= 0.6 is 0 Å². The lowest BCUT2D eigenvalue weighted by atomic mass is 10.1. The largest absolute Gasteiger partial charge is 0.454 e. The summed E-state index contributed by atoms with van der Waals surface area (Å²) in [4.78, 5) is 0. The average molecular weight is 191 g/mol. The maximum atomic E-state index is 8.97. The molecule has 0 N–H and O–H groups in total. The molecule has 0 saturated carbocycles. The van der Waals surface area contributed by atoms with Crippen molar-refractivity contribution in [1.82, 2.24) is 0 Å². The van der Waals surface area contributed by atoms with E-state index in [9.17, 15) is 0 Å². The fourth-order valence-electron chi connectivity index (χ4n) is 1.41. The van der Waals surface area contributed by atoms with Crippen molar-refractivity contribution in [3.8, 4) is 17.6 Å². The molecule has 0 unspecified atom stereocenters. The molecule has 0 spiro atoms. The molecule has 4 nitrogen and oxygen atoms in total. The number of nitriles is 1. The van der Waals surface area contributed by atoms with Gasteiger partial charge < -0.3 is 14.2 Å². The molecule has 0 aliphatic carbocycles. The smallest absolute Gasteiger partial charge is 0.231 e. The third-order valence-electron chi connectivity index (χ3n) is 2.04. The van der Waals surface area contributed by atoms with Crippen LogP contribution in [0.1, 0.15) is 11.1 Å². The third kappa shape index (κ3) is 1.28.